The molecule has 5 rings (SSSR count). The van der Waals surface area contributed by atoms with Crippen LogP contribution in [0, 0.1) is 0 Å². The van der Waals surface area contributed by atoms with Gasteiger partial charge in [0.25, 0.3) is 0 Å². The van der Waals surface area contributed by atoms with Crippen LogP contribution in [0.25, 0.3) is 22.4 Å². The zero-order valence-electron chi connectivity index (χ0n) is 17.6. The third kappa shape index (κ3) is 4.81. The number of nitrogens with zero attached hydrogens (tertiary/aromatic N) is 2. The van der Waals surface area contributed by atoms with Gasteiger partial charge >= 0.3 is 0 Å². The van der Waals surface area contributed by atoms with Crippen molar-refractivity contribution in [2.45, 2.75) is 18.9 Å². The summed E-state index contributed by atoms with van der Waals surface area (Å²) in [5, 5.41) is 8.71. The molecule has 2 aromatic heterocycles. The van der Waals surface area contributed by atoms with Crippen molar-refractivity contribution in [3.8, 4) is 11.4 Å². The number of fused-ring (bicyclic) bond motifs is 1. The summed E-state index contributed by atoms with van der Waals surface area (Å²) >= 11 is 5.93. The Hall–Kier alpha value is -3.90. The molecule has 0 fully saturated rings. The second-order valence-corrected chi connectivity index (χ2v) is 8.05. The minimum atomic E-state index is -0.404. The highest BCUT2D eigenvalue weighted by molar-refractivity contribution is 6.30. The number of aromatic nitrogens is 2. The fraction of sp³-hybridized carbons (Fsp3) is 0.115. The Morgan fingerprint density at radius 1 is 0.970 bits per heavy atom. The fourth-order valence-corrected chi connectivity index (χ4v) is 3.76. The molecule has 0 saturated heterocycles. The Kier molecular flexibility index (Phi) is 5.91. The number of halogens is 1. The maximum Gasteiger partial charge on any atom is 0.227 e. The largest absolute Gasteiger partial charge is 0.459 e. The zero-order valence-corrected chi connectivity index (χ0v) is 18.3. The molecule has 5 aromatic rings. The third-order valence-electron chi connectivity index (χ3n) is 5.30. The average molecular weight is 458 g/mol. The van der Waals surface area contributed by atoms with Crippen molar-refractivity contribution in [2.75, 3.05) is 0 Å². The standard InChI is InChI=1S/C26H20ClN3O3/c27-20-12-10-18(11-13-20)26-29-24(33-30-26)15-14-23(31)28-25(17-6-2-1-3-7-17)22-16-19-8-4-5-9-21(19)32-22/h1-13,16,25H,14-15H2,(H,28,31). The van der Waals surface area contributed by atoms with Crippen molar-refractivity contribution >= 4 is 28.5 Å². The van der Waals surface area contributed by atoms with Crippen molar-refractivity contribution in [1.82, 2.24) is 15.5 Å². The summed E-state index contributed by atoms with van der Waals surface area (Å²) in [6.07, 6.45) is 0.528. The van der Waals surface area contributed by atoms with Gasteiger partial charge in [0.05, 0.1) is 0 Å². The lowest BCUT2D eigenvalue weighted by molar-refractivity contribution is -0.121. The van der Waals surface area contributed by atoms with E-state index < -0.39 is 6.04 Å². The smallest absolute Gasteiger partial charge is 0.227 e. The lowest BCUT2D eigenvalue weighted by Gasteiger charge is -2.17. The van der Waals surface area contributed by atoms with Crippen LogP contribution >= 0.6 is 11.6 Å². The van der Waals surface area contributed by atoms with E-state index in [-0.39, 0.29) is 12.3 Å². The number of amides is 1. The van der Waals surface area contributed by atoms with Crippen LogP contribution in [0.2, 0.25) is 5.02 Å². The van der Waals surface area contributed by atoms with E-state index in [0.717, 1.165) is 22.1 Å². The number of benzene rings is 3. The first kappa shape index (κ1) is 21.0. The number of rotatable bonds is 7. The molecule has 0 aliphatic carbocycles. The first-order valence-corrected chi connectivity index (χ1v) is 10.9. The zero-order chi connectivity index (χ0) is 22.6. The highest BCUT2D eigenvalue weighted by atomic mass is 35.5. The molecular formula is C26H20ClN3O3. The third-order valence-corrected chi connectivity index (χ3v) is 5.56. The van der Waals surface area contributed by atoms with Gasteiger partial charge in [-0.15, -0.1) is 0 Å². The van der Waals surface area contributed by atoms with Gasteiger partial charge in [-0.3, -0.25) is 4.79 Å². The van der Waals surface area contributed by atoms with Crippen LogP contribution in [-0.4, -0.2) is 16.0 Å². The molecule has 0 bridgehead atoms. The number of aryl methyl sites for hydroxylation is 1. The van der Waals surface area contributed by atoms with Crippen molar-refractivity contribution in [3.63, 3.8) is 0 Å². The number of carbonyl (C=O) groups is 1. The monoisotopic (exact) mass is 457 g/mol. The fourth-order valence-electron chi connectivity index (χ4n) is 3.64. The molecule has 0 spiro atoms. The Morgan fingerprint density at radius 2 is 1.73 bits per heavy atom. The molecule has 0 saturated carbocycles. The molecule has 6 nitrogen and oxygen atoms in total. The van der Waals surface area contributed by atoms with Crippen LogP contribution in [0.5, 0.6) is 0 Å². The van der Waals surface area contributed by atoms with Gasteiger partial charge in [0.15, 0.2) is 0 Å². The van der Waals surface area contributed by atoms with Crippen molar-refractivity contribution in [1.29, 1.82) is 0 Å². The van der Waals surface area contributed by atoms with Gasteiger partial charge in [-0.2, -0.15) is 4.98 Å². The molecule has 2 heterocycles. The average Bonchev–Trinajstić information content (AvgIpc) is 3.49. The van der Waals surface area contributed by atoms with Crippen LogP contribution in [0.1, 0.15) is 29.7 Å². The van der Waals surface area contributed by atoms with Crippen LogP contribution in [0.4, 0.5) is 0 Å². The Morgan fingerprint density at radius 3 is 2.52 bits per heavy atom. The molecule has 0 aliphatic rings. The van der Waals surface area contributed by atoms with Gasteiger partial charge in [-0.05, 0) is 42.0 Å². The molecule has 3 aromatic carbocycles. The summed E-state index contributed by atoms with van der Waals surface area (Å²) in [5.41, 5.74) is 2.52. The normalized spacial score (nSPS) is 12.0. The molecule has 1 N–H and O–H groups in total. The Labute approximate surface area is 195 Å². The minimum Gasteiger partial charge on any atom is -0.459 e. The topological polar surface area (TPSA) is 81.2 Å². The molecule has 33 heavy (non-hydrogen) atoms. The van der Waals surface area contributed by atoms with Gasteiger partial charge in [0.2, 0.25) is 17.6 Å². The summed E-state index contributed by atoms with van der Waals surface area (Å²) in [4.78, 5) is 17.2. The summed E-state index contributed by atoms with van der Waals surface area (Å²) in [5.74, 6) is 1.40. The van der Waals surface area contributed by atoms with Crippen LogP contribution in [0.15, 0.2) is 93.9 Å². The summed E-state index contributed by atoms with van der Waals surface area (Å²) in [6.45, 7) is 0. The van der Waals surface area contributed by atoms with Crippen LogP contribution < -0.4 is 5.32 Å². The number of carbonyl (C=O) groups excluding carboxylic acids is 1. The van der Waals surface area contributed by atoms with Gasteiger partial charge < -0.3 is 14.3 Å². The molecule has 1 atom stereocenters. The first-order valence-electron chi connectivity index (χ1n) is 10.6. The van der Waals surface area contributed by atoms with E-state index in [1.165, 1.54) is 0 Å². The molecule has 1 amide bonds. The van der Waals surface area contributed by atoms with Gasteiger partial charge in [-0.25, -0.2) is 0 Å². The van der Waals surface area contributed by atoms with E-state index in [1.807, 2.05) is 72.8 Å². The van der Waals surface area contributed by atoms with Gasteiger partial charge in [-0.1, -0.05) is 65.3 Å². The van der Waals surface area contributed by atoms with E-state index in [2.05, 4.69) is 15.5 Å². The second kappa shape index (κ2) is 9.30. The lowest BCUT2D eigenvalue weighted by Crippen LogP contribution is -2.29. The number of hydrogen-bond donors (Lipinski definition) is 1. The minimum absolute atomic E-state index is 0.143. The number of furan rings is 1. The van der Waals surface area contributed by atoms with E-state index in [4.69, 9.17) is 20.5 Å². The van der Waals surface area contributed by atoms with Crippen LogP contribution in [0.3, 0.4) is 0 Å². The van der Waals surface area contributed by atoms with E-state index >= 15 is 0 Å². The highest BCUT2D eigenvalue weighted by Crippen LogP contribution is 2.28. The predicted molar refractivity (Wildman–Crippen MR) is 126 cm³/mol. The van der Waals surface area contributed by atoms with Crippen LogP contribution in [-0.2, 0) is 11.2 Å². The summed E-state index contributed by atoms with van der Waals surface area (Å²) < 4.78 is 11.4. The molecular weight excluding hydrogens is 438 g/mol. The summed E-state index contributed by atoms with van der Waals surface area (Å²) in [7, 11) is 0. The predicted octanol–water partition coefficient (Wildman–Crippen LogP) is 5.97. The first-order chi connectivity index (χ1) is 16.2. The Balaban J connectivity index is 1.29. The van der Waals surface area contributed by atoms with Gasteiger partial charge in [0.1, 0.15) is 17.4 Å². The van der Waals surface area contributed by atoms with Crippen molar-refractivity contribution in [2.24, 2.45) is 0 Å². The van der Waals surface area contributed by atoms with E-state index in [1.54, 1.807) is 12.1 Å². The van der Waals surface area contributed by atoms with Gasteiger partial charge in [0, 0.05) is 28.8 Å². The highest BCUT2D eigenvalue weighted by Gasteiger charge is 2.21. The molecule has 7 heteroatoms. The number of para-hydroxylation sites is 1. The van der Waals surface area contributed by atoms with Crippen molar-refractivity contribution in [3.05, 3.63) is 107 Å². The quantitative estimate of drug-likeness (QED) is 0.325. The molecule has 0 aliphatic heterocycles. The Bertz CT molecular complexity index is 1340. The molecule has 0 radical (unpaired) electrons. The second-order valence-electron chi connectivity index (χ2n) is 7.62. The van der Waals surface area contributed by atoms with E-state index in [9.17, 15) is 4.79 Å². The number of nitrogens with one attached hydrogen (secondary N) is 1. The molecule has 1 unspecified atom stereocenters. The SMILES string of the molecule is O=C(CCc1nc(-c2ccc(Cl)cc2)no1)NC(c1ccccc1)c1cc2ccccc2o1. The number of hydrogen-bond acceptors (Lipinski definition) is 5. The summed E-state index contributed by atoms with van der Waals surface area (Å²) in [6, 6.07) is 26.3. The van der Waals surface area contributed by atoms with Crippen molar-refractivity contribution < 1.29 is 13.7 Å². The molecule has 164 valence electrons. The van der Waals surface area contributed by atoms with E-state index in [0.29, 0.717) is 28.9 Å². The maximum absolute atomic E-state index is 12.8. The maximum atomic E-state index is 12.8. The lowest BCUT2D eigenvalue weighted by atomic mass is 10.0.